The molecule has 3 heterocycles. The molecule has 0 radical (unpaired) electrons. The molecule has 0 spiro atoms. The van der Waals surface area contributed by atoms with Crippen LogP contribution in [0.3, 0.4) is 0 Å². The SMILES string of the molecule is O=C(CN(Cc1ccco1)Cc1ccco1)N1CCN(c2ccccc2)CC1. The fourth-order valence-electron chi connectivity index (χ4n) is 3.56. The molecule has 1 aromatic carbocycles. The van der Waals surface area contributed by atoms with Gasteiger partial charge in [0.2, 0.25) is 5.91 Å². The van der Waals surface area contributed by atoms with E-state index in [9.17, 15) is 4.79 Å². The number of hydrogen-bond donors (Lipinski definition) is 0. The summed E-state index contributed by atoms with van der Waals surface area (Å²) in [5.74, 6) is 1.83. The molecule has 1 aliphatic heterocycles. The largest absolute Gasteiger partial charge is 0.468 e. The van der Waals surface area contributed by atoms with Gasteiger partial charge in [-0.2, -0.15) is 0 Å². The van der Waals surface area contributed by atoms with E-state index in [4.69, 9.17) is 8.83 Å². The minimum absolute atomic E-state index is 0.144. The third-order valence-electron chi connectivity index (χ3n) is 5.03. The van der Waals surface area contributed by atoms with Crippen molar-refractivity contribution in [2.24, 2.45) is 0 Å². The lowest BCUT2D eigenvalue weighted by Gasteiger charge is -2.37. The van der Waals surface area contributed by atoms with Crippen LogP contribution < -0.4 is 4.90 Å². The maximum Gasteiger partial charge on any atom is 0.236 e. The van der Waals surface area contributed by atoms with E-state index in [1.807, 2.05) is 47.4 Å². The maximum atomic E-state index is 12.9. The molecule has 4 rings (SSSR count). The van der Waals surface area contributed by atoms with Crippen LogP contribution in [0.2, 0.25) is 0 Å². The van der Waals surface area contributed by atoms with Crippen LogP contribution in [-0.2, 0) is 17.9 Å². The number of rotatable bonds is 7. The van der Waals surface area contributed by atoms with Crippen molar-refractivity contribution < 1.29 is 13.6 Å². The minimum Gasteiger partial charge on any atom is -0.468 e. The summed E-state index contributed by atoms with van der Waals surface area (Å²) in [6.45, 7) is 4.67. The number of hydrogen-bond acceptors (Lipinski definition) is 5. The van der Waals surface area contributed by atoms with Crippen LogP contribution in [0.1, 0.15) is 11.5 Å². The molecule has 0 bridgehead atoms. The lowest BCUT2D eigenvalue weighted by Crippen LogP contribution is -2.51. The minimum atomic E-state index is 0.144. The molecular weight excluding hydrogens is 354 g/mol. The molecule has 0 atom stereocenters. The van der Waals surface area contributed by atoms with Gasteiger partial charge in [-0.3, -0.25) is 9.69 Å². The number of para-hydroxylation sites is 1. The van der Waals surface area contributed by atoms with Crippen molar-refractivity contribution in [2.75, 3.05) is 37.6 Å². The number of amides is 1. The van der Waals surface area contributed by atoms with Gasteiger partial charge in [0.1, 0.15) is 11.5 Å². The Morgan fingerprint density at radius 3 is 1.96 bits per heavy atom. The molecule has 0 unspecified atom stereocenters. The summed E-state index contributed by atoms with van der Waals surface area (Å²) in [4.78, 5) is 19.3. The Kier molecular flexibility index (Phi) is 5.77. The Bertz CT molecular complexity index is 802. The zero-order valence-corrected chi connectivity index (χ0v) is 15.9. The van der Waals surface area contributed by atoms with Gasteiger partial charge >= 0.3 is 0 Å². The highest BCUT2D eigenvalue weighted by molar-refractivity contribution is 5.78. The van der Waals surface area contributed by atoms with E-state index in [1.165, 1.54) is 5.69 Å². The predicted octanol–water partition coefficient (Wildman–Crippen LogP) is 3.22. The molecule has 1 aliphatic rings. The van der Waals surface area contributed by atoms with Crippen LogP contribution in [0.15, 0.2) is 76.0 Å². The van der Waals surface area contributed by atoms with Crippen molar-refractivity contribution in [3.8, 4) is 0 Å². The monoisotopic (exact) mass is 379 g/mol. The molecule has 1 fully saturated rings. The number of carbonyl (C=O) groups is 1. The molecule has 3 aromatic rings. The normalized spacial score (nSPS) is 14.6. The first-order valence-corrected chi connectivity index (χ1v) is 9.63. The van der Waals surface area contributed by atoms with Crippen LogP contribution in [0.25, 0.3) is 0 Å². The quantitative estimate of drug-likeness (QED) is 0.631. The number of anilines is 1. The highest BCUT2D eigenvalue weighted by Gasteiger charge is 2.23. The topological polar surface area (TPSA) is 53.1 Å². The molecule has 6 heteroatoms. The van der Waals surface area contributed by atoms with Gasteiger partial charge in [0, 0.05) is 31.9 Å². The van der Waals surface area contributed by atoms with Crippen molar-refractivity contribution in [1.29, 1.82) is 0 Å². The Hall–Kier alpha value is -2.99. The smallest absolute Gasteiger partial charge is 0.236 e. The lowest BCUT2D eigenvalue weighted by molar-refractivity contribution is -0.133. The third kappa shape index (κ3) is 4.64. The van der Waals surface area contributed by atoms with E-state index < -0.39 is 0 Å². The summed E-state index contributed by atoms with van der Waals surface area (Å²) in [5.41, 5.74) is 1.21. The van der Waals surface area contributed by atoms with Crippen molar-refractivity contribution in [3.05, 3.63) is 78.6 Å². The summed E-state index contributed by atoms with van der Waals surface area (Å²) in [6.07, 6.45) is 3.32. The molecule has 2 aromatic heterocycles. The standard InChI is InChI=1S/C22H25N3O3/c26-22(25-12-10-24(11-13-25)19-6-2-1-3-7-19)18-23(16-20-8-4-14-27-20)17-21-9-5-15-28-21/h1-9,14-15H,10-13,16-18H2. The number of piperazine rings is 1. The van der Waals surface area contributed by atoms with Gasteiger partial charge in [-0.25, -0.2) is 0 Å². The van der Waals surface area contributed by atoms with E-state index in [0.29, 0.717) is 19.6 Å². The molecule has 0 N–H and O–H groups in total. The van der Waals surface area contributed by atoms with Crippen LogP contribution in [0.4, 0.5) is 5.69 Å². The zero-order valence-electron chi connectivity index (χ0n) is 15.9. The van der Waals surface area contributed by atoms with Crippen molar-refractivity contribution in [1.82, 2.24) is 9.80 Å². The predicted molar refractivity (Wildman–Crippen MR) is 107 cm³/mol. The Morgan fingerprint density at radius 2 is 1.43 bits per heavy atom. The second kappa shape index (κ2) is 8.80. The first-order valence-electron chi connectivity index (χ1n) is 9.63. The van der Waals surface area contributed by atoms with E-state index in [2.05, 4.69) is 21.9 Å². The number of benzene rings is 1. The molecule has 1 saturated heterocycles. The van der Waals surface area contributed by atoms with Gasteiger partial charge in [-0.05, 0) is 36.4 Å². The third-order valence-corrected chi connectivity index (χ3v) is 5.03. The van der Waals surface area contributed by atoms with Gasteiger partial charge in [-0.1, -0.05) is 18.2 Å². The highest BCUT2D eigenvalue weighted by Crippen LogP contribution is 2.16. The molecule has 0 saturated carbocycles. The Morgan fingerprint density at radius 1 is 0.821 bits per heavy atom. The molecule has 28 heavy (non-hydrogen) atoms. The lowest BCUT2D eigenvalue weighted by atomic mass is 10.2. The van der Waals surface area contributed by atoms with Crippen LogP contribution in [0, 0.1) is 0 Å². The number of nitrogens with zero attached hydrogens (tertiary/aromatic N) is 3. The Labute approximate surface area is 164 Å². The molecular formula is C22H25N3O3. The van der Waals surface area contributed by atoms with E-state index in [-0.39, 0.29) is 5.91 Å². The van der Waals surface area contributed by atoms with Crippen LogP contribution in [-0.4, -0.2) is 48.4 Å². The second-order valence-electron chi connectivity index (χ2n) is 7.01. The average Bonchev–Trinajstić information content (AvgIpc) is 3.43. The summed E-state index contributed by atoms with van der Waals surface area (Å²) < 4.78 is 10.9. The zero-order chi connectivity index (χ0) is 19.2. The number of carbonyl (C=O) groups excluding carboxylic acids is 1. The van der Waals surface area contributed by atoms with Gasteiger partial charge in [0.05, 0.1) is 32.2 Å². The summed E-state index contributed by atoms with van der Waals surface area (Å²) in [7, 11) is 0. The highest BCUT2D eigenvalue weighted by atomic mass is 16.3. The van der Waals surface area contributed by atoms with E-state index in [0.717, 1.165) is 37.7 Å². The van der Waals surface area contributed by atoms with Crippen LogP contribution >= 0.6 is 0 Å². The summed E-state index contributed by atoms with van der Waals surface area (Å²) in [5, 5.41) is 0. The van der Waals surface area contributed by atoms with E-state index >= 15 is 0 Å². The van der Waals surface area contributed by atoms with Crippen molar-refractivity contribution >= 4 is 11.6 Å². The van der Waals surface area contributed by atoms with E-state index in [1.54, 1.807) is 12.5 Å². The molecule has 146 valence electrons. The molecule has 0 aliphatic carbocycles. The van der Waals surface area contributed by atoms with Crippen molar-refractivity contribution in [3.63, 3.8) is 0 Å². The van der Waals surface area contributed by atoms with Gasteiger partial charge in [0.25, 0.3) is 0 Å². The summed E-state index contributed by atoms with van der Waals surface area (Å²) >= 11 is 0. The van der Waals surface area contributed by atoms with Crippen molar-refractivity contribution in [2.45, 2.75) is 13.1 Å². The maximum absolute atomic E-state index is 12.9. The van der Waals surface area contributed by atoms with Gasteiger partial charge in [0.15, 0.2) is 0 Å². The summed E-state index contributed by atoms with van der Waals surface area (Å²) in [6, 6.07) is 17.9. The fraction of sp³-hybridized carbons (Fsp3) is 0.318. The van der Waals surface area contributed by atoms with Gasteiger partial charge in [-0.15, -0.1) is 0 Å². The second-order valence-corrected chi connectivity index (χ2v) is 7.01. The number of furan rings is 2. The van der Waals surface area contributed by atoms with Crippen LogP contribution in [0.5, 0.6) is 0 Å². The average molecular weight is 379 g/mol. The van der Waals surface area contributed by atoms with Gasteiger partial charge < -0.3 is 18.6 Å². The first-order chi connectivity index (χ1) is 13.8. The molecule has 6 nitrogen and oxygen atoms in total. The Balaban J connectivity index is 1.34. The molecule has 1 amide bonds. The fourth-order valence-corrected chi connectivity index (χ4v) is 3.56. The first kappa shape index (κ1) is 18.4.